The summed E-state index contributed by atoms with van der Waals surface area (Å²) in [6.45, 7) is 2.49. The van der Waals surface area contributed by atoms with Crippen molar-refractivity contribution in [2.45, 2.75) is 76.6 Å². The molecule has 2 aromatic carbocycles. The first-order valence-corrected chi connectivity index (χ1v) is 10.7. The van der Waals surface area contributed by atoms with Gasteiger partial charge in [-0.25, -0.2) is 0 Å². The second-order valence-corrected chi connectivity index (χ2v) is 8.52. The first kappa shape index (κ1) is 21.9. The summed E-state index contributed by atoms with van der Waals surface area (Å²) in [5.74, 6) is -6.80. The summed E-state index contributed by atoms with van der Waals surface area (Å²) in [7, 11) is 0. The highest BCUT2D eigenvalue weighted by Crippen LogP contribution is 2.43. The van der Waals surface area contributed by atoms with Gasteiger partial charge in [-0.1, -0.05) is 74.7 Å². The molecule has 3 rings (SSSR count). The summed E-state index contributed by atoms with van der Waals surface area (Å²) in [6, 6.07) is 13.4. The monoisotopic (exact) mass is 406 g/mol. The van der Waals surface area contributed by atoms with Crippen molar-refractivity contribution < 1.29 is 17.6 Å². The normalized spacial score (nSPS) is 20.6. The third-order valence-electron chi connectivity index (χ3n) is 6.33. The molecular weight excluding hydrogens is 376 g/mol. The standard InChI is InChI=1S/C25H30F4/c1-3-4-5-18-6-8-19(9-7-18)20-10-12-21(13-11-20)22-14-16-23(17-15-22)25(28,29)24(2,26)27/h10-19H,3-9H2,1-2H3. The zero-order chi connectivity index (χ0) is 21.1. The third kappa shape index (κ3) is 5.02. The van der Waals surface area contributed by atoms with E-state index in [1.807, 2.05) is 12.1 Å². The van der Waals surface area contributed by atoms with Gasteiger partial charge in [0.25, 0.3) is 0 Å². The largest absolute Gasteiger partial charge is 0.335 e. The van der Waals surface area contributed by atoms with Crippen LogP contribution in [0.4, 0.5) is 17.6 Å². The van der Waals surface area contributed by atoms with Crippen LogP contribution in [0.25, 0.3) is 11.1 Å². The van der Waals surface area contributed by atoms with E-state index in [0.717, 1.165) is 29.2 Å². The molecule has 4 heteroatoms. The Bertz CT molecular complexity index is 764. The summed E-state index contributed by atoms with van der Waals surface area (Å²) in [4.78, 5) is 0. The Hall–Kier alpha value is -1.84. The molecule has 1 saturated carbocycles. The number of halogens is 4. The maximum atomic E-state index is 13.8. The molecule has 0 radical (unpaired) electrons. The smallest absolute Gasteiger partial charge is 0.200 e. The van der Waals surface area contributed by atoms with Crippen molar-refractivity contribution in [1.82, 2.24) is 0 Å². The van der Waals surface area contributed by atoms with E-state index in [9.17, 15) is 17.6 Å². The van der Waals surface area contributed by atoms with E-state index >= 15 is 0 Å². The average molecular weight is 407 g/mol. The lowest BCUT2D eigenvalue weighted by Gasteiger charge is -2.29. The van der Waals surface area contributed by atoms with Crippen LogP contribution in [0.1, 0.15) is 75.8 Å². The fourth-order valence-electron chi connectivity index (χ4n) is 4.35. The Balaban J connectivity index is 1.65. The van der Waals surface area contributed by atoms with Crippen molar-refractivity contribution in [3.8, 4) is 11.1 Å². The van der Waals surface area contributed by atoms with Crippen molar-refractivity contribution in [1.29, 1.82) is 0 Å². The minimum atomic E-state index is -4.18. The Labute approximate surface area is 171 Å². The Morgan fingerprint density at radius 1 is 0.793 bits per heavy atom. The molecule has 0 N–H and O–H groups in total. The highest BCUT2D eigenvalue weighted by molar-refractivity contribution is 5.64. The lowest BCUT2D eigenvalue weighted by molar-refractivity contribution is -0.204. The minimum Gasteiger partial charge on any atom is -0.200 e. The molecule has 0 aromatic heterocycles. The van der Waals surface area contributed by atoms with E-state index in [4.69, 9.17) is 0 Å². The van der Waals surface area contributed by atoms with Crippen LogP contribution in [-0.4, -0.2) is 5.92 Å². The predicted octanol–water partition coefficient (Wildman–Crippen LogP) is 8.56. The quantitative estimate of drug-likeness (QED) is 0.404. The Kier molecular flexibility index (Phi) is 6.70. The number of hydrogen-bond acceptors (Lipinski definition) is 0. The second kappa shape index (κ2) is 8.89. The van der Waals surface area contributed by atoms with Gasteiger partial charge in [0.15, 0.2) is 0 Å². The summed E-state index contributed by atoms with van der Waals surface area (Å²) in [5.41, 5.74) is 2.32. The Morgan fingerprint density at radius 3 is 1.79 bits per heavy atom. The molecule has 29 heavy (non-hydrogen) atoms. The molecule has 2 aromatic rings. The molecule has 0 bridgehead atoms. The van der Waals surface area contributed by atoms with Crippen molar-refractivity contribution in [2.75, 3.05) is 0 Å². The zero-order valence-electron chi connectivity index (χ0n) is 17.2. The molecule has 0 saturated heterocycles. The number of hydrogen-bond donors (Lipinski definition) is 0. The SMILES string of the molecule is CCCCC1CCC(c2ccc(-c3ccc(C(F)(F)C(C)(F)F)cc3)cc2)CC1. The van der Waals surface area contributed by atoms with Gasteiger partial charge in [-0.05, 0) is 54.2 Å². The molecule has 1 aliphatic rings. The number of alkyl halides is 4. The van der Waals surface area contributed by atoms with Crippen LogP contribution in [0.3, 0.4) is 0 Å². The van der Waals surface area contributed by atoms with Gasteiger partial charge in [0.1, 0.15) is 0 Å². The molecule has 1 fully saturated rings. The summed E-state index contributed by atoms with van der Waals surface area (Å²) in [5, 5.41) is 0. The summed E-state index contributed by atoms with van der Waals surface area (Å²) in [6.07, 6.45) is 8.98. The van der Waals surface area contributed by atoms with Crippen molar-refractivity contribution >= 4 is 0 Å². The average Bonchev–Trinajstić information content (AvgIpc) is 2.72. The zero-order valence-corrected chi connectivity index (χ0v) is 17.2. The van der Waals surface area contributed by atoms with Crippen LogP contribution in [0.15, 0.2) is 48.5 Å². The minimum absolute atomic E-state index is 0.247. The van der Waals surface area contributed by atoms with Crippen LogP contribution in [-0.2, 0) is 5.92 Å². The van der Waals surface area contributed by atoms with Crippen LogP contribution in [0.2, 0.25) is 0 Å². The van der Waals surface area contributed by atoms with E-state index < -0.39 is 17.4 Å². The predicted molar refractivity (Wildman–Crippen MR) is 111 cm³/mol. The fraction of sp³-hybridized carbons (Fsp3) is 0.520. The second-order valence-electron chi connectivity index (χ2n) is 8.52. The van der Waals surface area contributed by atoms with Crippen LogP contribution in [0.5, 0.6) is 0 Å². The van der Waals surface area contributed by atoms with E-state index in [-0.39, 0.29) is 6.92 Å². The number of unbranched alkanes of at least 4 members (excludes halogenated alkanes) is 1. The molecule has 0 atom stereocenters. The first-order chi connectivity index (χ1) is 13.7. The van der Waals surface area contributed by atoms with Gasteiger partial charge in [0.05, 0.1) is 0 Å². The van der Waals surface area contributed by atoms with Gasteiger partial charge in [-0.3, -0.25) is 0 Å². The van der Waals surface area contributed by atoms with Gasteiger partial charge in [0.2, 0.25) is 0 Å². The van der Waals surface area contributed by atoms with Crippen LogP contribution in [0, 0.1) is 5.92 Å². The van der Waals surface area contributed by atoms with E-state index in [2.05, 4.69) is 19.1 Å². The molecule has 158 valence electrons. The fourth-order valence-corrected chi connectivity index (χ4v) is 4.35. The lowest BCUT2D eigenvalue weighted by Crippen LogP contribution is -2.34. The van der Waals surface area contributed by atoms with Gasteiger partial charge >= 0.3 is 11.8 Å². The van der Waals surface area contributed by atoms with E-state index in [1.54, 1.807) is 0 Å². The summed E-state index contributed by atoms with van der Waals surface area (Å²) >= 11 is 0. The van der Waals surface area contributed by atoms with Crippen LogP contribution < -0.4 is 0 Å². The van der Waals surface area contributed by atoms with Crippen molar-refractivity contribution in [3.63, 3.8) is 0 Å². The molecule has 0 aliphatic heterocycles. The van der Waals surface area contributed by atoms with E-state index in [1.165, 1.54) is 62.6 Å². The van der Waals surface area contributed by atoms with Crippen molar-refractivity contribution in [2.24, 2.45) is 5.92 Å². The van der Waals surface area contributed by atoms with Gasteiger partial charge in [-0.2, -0.15) is 17.6 Å². The third-order valence-corrected chi connectivity index (χ3v) is 6.33. The molecule has 0 amide bonds. The van der Waals surface area contributed by atoms with Gasteiger partial charge < -0.3 is 0 Å². The molecule has 0 unspecified atom stereocenters. The lowest BCUT2D eigenvalue weighted by atomic mass is 9.77. The molecular formula is C25H30F4. The molecule has 0 nitrogen and oxygen atoms in total. The van der Waals surface area contributed by atoms with Gasteiger partial charge in [-0.15, -0.1) is 0 Å². The maximum absolute atomic E-state index is 13.8. The number of benzene rings is 2. The Morgan fingerprint density at radius 2 is 1.31 bits per heavy atom. The van der Waals surface area contributed by atoms with Crippen LogP contribution >= 0.6 is 0 Å². The molecule has 0 spiro atoms. The van der Waals surface area contributed by atoms with Crippen molar-refractivity contribution in [3.05, 3.63) is 59.7 Å². The highest BCUT2D eigenvalue weighted by atomic mass is 19.3. The van der Waals surface area contributed by atoms with Gasteiger partial charge in [0, 0.05) is 12.5 Å². The first-order valence-electron chi connectivity index (χ1n) is 10.7. The number of rotatable bonds is 7. The molecule has 1 aliphatic carbocycles. The topological polar surface area (TPSA) is 0 Å². The maximum Gasteiger partial charge on any atom is 0.335 e. The molecule has 0 heterocycles. The highest BCUT2D eigenvalue weighted by Gasteiger charge is 2.53. The van der Waals surface area contributed by atoms with E-state index in [0.29, 0.717) is 5.92 Å². The summed E-state index contributed by atoms with van der Waals surface area (Å²) < 4.78 is 53.9.